The Morgan fingerprint density at radius 2 is 1.96 bits per heavy atom. The van der Waals surface area contributed by atoms with Gasteiger partial charge in [-0.25, -0.2) is 11.0 Å². The van der Waals surface area contributed by atoms with Crippen LogP contribution in [0.4, 0.5) is 0 Å². The van der Waals surface area contributed by atoms with Crippen LogP contribution >= 0.6 is 30.8 Å². The lowest BCUT2D eigenvalue weighted by Gasteiger charge is -2.16. The van der Waals surface area contributed by atoms with Crippen molar-refractivity contribution in [2.45, 2.75) is 20.4 Å². The summed E-state index contributed by atoms with van der Waals surface area (Å²) >= 11 is 11.9. The van der Waals surface area contributed by atoms with Crippen molar-refractivity contribution in [3.63, 3.8) is 0 Å². The molecular weight excluding hydrogens is 362 g/mol. The summed E-state index contributed by atoms with van der Waals surface area (Å²) in [6, 6.07) is 5.01. The summed E-state index contributed by atoms with van der Waals surface area (Å²) in [5, 5.41) is 9.46. The van der Waals surface area contributed by atoms with Crippen molar-refractivity contribution in [1.29, 1.82) is 0 Å². The zero-order valence-electron chi connectivity index (χ0n) is 12.9. The van der Waals surface area contributed by atoms with E-state index in [1.165, 1.54) is 0 Å². The Labute approximate surface area is 145 Å². The Kier molecular flexibility index (Phi) is 8.19. The van der Waals surface area contributed by atoms with E-state index in [-0.39, 0.29) is 25.2 Å². The van der Waals surface area contributed by atoms with Gasteiger partial charge in [0.25, 0.3) is 0 Å². The van der Waals surface area contributed by atoms with Gasteiger partial charge in [0.15, 0.2) is 5.44 Å². The Morgan fingerprint density at radius 1 is 1.35 bits per heavy atom. The zero-order valence-corrected chi connectivity index (χ0v) is 15.3. The van der Waals surface area contributed by atoms with E-state index in [1.54, 1.807) is 32.0 Å². The molecule has 0 spiro atoms. The van der Waals surface area contributed by atoms with Gasteiger partial charge >= 0.3 is 7.60 Å². The van der Waals surface area contributed by atoms with Crippen LogP contribution in [0.25, 0.3) is 0 Å². The van der Waals surface area contributed by atoms with Crippen molar-refractivity contribution in [1.82, 2.24) is 5.12 Å². The predicted molar refractivity (Wildman–Crippen MR) is 91.0 cm³/mol. The summed E-state index contributed by atoms with van der Waals surface area (Å²) in [7, 11) is -3.55. The Morgan fingerprint density at radius 3 is 2.48 bits per heavy atom. The molecule has 23 heavy (non-hydrogen) atoms. The van der Waals surface area contributed by atoms with Crippen molar-refractivity contribution >= 4 is 30.8 Å². The number of rotatable bonds is 9. The predicted octanol–water partition coefficient (Wildman–Crippen LogP) is 4.77. The topological polar surface area (TPSA) is 89.5 Å². The standard InChI is InChI=1S/C13H19Cl2N4O3P/c1-4-21-23(20,22-5-2)10(3)17-18-19(16)9-11-6-7-12(14)8-13(11)15/h6-8H,3-5,9,16H2,1-2H3. The van der Waals surface area contributed by atoms with Crippen LogP contribution in [0.1, 0.15) is 19.4 Å². The molecule has 7 nitrogen and oxygen atoms in total. The molecule has 0 unspecified atom stereocenters. The molecule has 0 saturated heterocycles. The normalized spacial score (nSPS) is 11.9. The van der Waals surface area contributed by atoms with Crippen LogP contribution < -0.4 is 5.84 Å². The number of hydrogen-bond acceptors (Lipinski definition) is 6. The van der Waals surface area contributed by atoms with Gasteiger partial charge in [-0.15, -0.1) is 5.11 Å². The second-order valence-corrected chi connectivity index (χ2v) is 7.14. The smallest absolute Gasteiger partial charge is 0.304 e. The molecule has 0 amide bonds. The molecule has 0 radical (unpaired) electrons. The third kappa shape index (κ3) is 6.22. The first-order chi connectivity index (χ1) is 10.8. The Hall–Kier alpha value is -0.950. The van der Waals surface area contributed by atoms with E-state index in [1.807, 2.05) is 0 Å². The molecule has 1 aromatic carbocycles. The third-order valence-electron chi connectivity index (χ3n) is 2.54. The van der Waals surface area contributed by atoms with Crippen LogP contribution in [-0.2, 0) is 20.2 Å². The maximum atomic E-state index is 12.4. The first-order valence-corrected chi connectivity index (χ1v) is 9.08. The van der Waals surface area contributed by atoms with Crippen molar-refractivity contribution in [3.05, 3.63) is 45.8 Å². The molecule has 0 atom stereocenters. The van der Waals surface area contributed by atoms with Gasteiger partial charge in [-0.05, 0) is 31.5 Å². The molecule has 0 fully saturated rings. The summed E-state index contributed by atoms with van der Waals surface area (Å²) in [4.78, 5) is 0. The number of nitrogens with two attached hydrogens (primary N) is 1. The molecule has 128 valence electrons. The SMILES string of the molecule is C=C(N=NN(N)Cc1ccc(Cl)cc1Cl)P(=O)(OCC)OCC. The van der Waals surface area contributed by atoms with Gasteiger partial charge in [0.05, 0.1) is 19.8 Å². The number of halogens is 2. The number of hydrogen-bond donors (Lipinski definition) is 1. The average Bonchev–Trinajstić information content (AvgIpc) is 2.48. The molecule has 10 heteroatoms. The van der Waals surface area contributed by atoms with Crippen LogP contribution in [0.2, 0.25) is 10.0 Å². The molecular formula is C13H19Cl2N4O3P. The second kappa shape index (κ2) is 9.37. The van der Waals surface area contributed by atoms with Gasteiger partial charge in [-0.3, -0.25) is 4.57 Å². The van der Waals surface area contributed by atoms with E-state index in [2.05, 4.69) is 16.9 Å². The van der Waals surface area contributed by atoms with E-state index in [0.717, 1.165) is 5.12 Å². The lowest BCUT2D eigenvalue weighted by molar-refractivity contribution is 0.224. The Bertz CT molecular complexity index is 617. The summed E-state index contributed by atoms with van der Waals surface area (Å²) in [6.45, 7) is 7.52. The van der Waals surface area contributed by atoms with Gasteiger partial charge in [-0.1, -0.05) is 41.1 Å². The van der Waals surface area contributed by atoms with Crippen LogP contribution in [0, 0.1) is 0 Å². The number of nitrogens with zero attached hydrogens (tertiary/aromatic N) is 3. The lowest BCUT2D eigenvalue weighted by Crippen LogP contribution is -2.24. The zero-order chi connectivity index (χ0) is 17.5. The molecule has 0 aromatic heterocycles. The van der Waals surface area contributed by atoms with E-state index < -0.39 is 7.60 Å². The highest BCUT2D eigenvalue weighted by molar-refractivity contribution is 7.58. The summed E-state index contributed by atoms with van der Waals surface area (Å²) < 4.78 is 22.6. The van der Waals surface area contributed by atoms with Gasteiger partial charge in [0.2, 0.25) is 0 Å². The van der Waals surface area contributed by atoms with E-state index in [9.17, 15) is 4.57 Å². The van der Waals surface area contributed by atoms with Crippen LogP contribution in [0.15, 0.2) is 40.6 Å². The first-order valence-electron chi connectivity index (χ1n) is 6.78. The van der Waals surface area contributed by atoms with Gasteiger partial charge in [0.1, 0.15) is 0 Å². The minimum atomic E-state index is -3.55. The largest absolute Gasteiger partial charge is 0.380 e. The highest BCUT2D eigenvalue weighted by Gasteiger charge is 2.28. The van der Waals surface area contributed by atoms with E-state index in [4.69, 9.17) is 38.1 Å². The maximum absolute atomic E-state index is 12.4. The number of hydrazine groups is 1. The molecule has 0 heterocycles. The van der Waals surface area contributed by atoms with Gasteiger partial charge in [0, 0.05) is 10.0 Å². The van der Waals surface area contributed by atoms with Crippen LogP contribution in [0.3, 0.4) is 0 Å². The summed E-state index contributed by atoms with van der Waals surface area (Å²) in [5.41, 5.74) is 0.583. The van der Waals surface area contributed by atoms with Crippen molar-refractivity contribution in [2.75, 3.05) is 13.2 Å². The fraction of sp³-hybridized carbons (Fsp3) is 0.385. The minimum absolute atomic E-state index is 0.126. The van der Waals surface area contributed by atoms with Crippen molar-refractivity contribution in [3.8, 4) is 0 Å². The summed E-state index contributed by atoms with van der Waals surface area (Å²) in [5.74, 6) is 5.72. The Balaban J connectivity index is 2.75. The number of benzene rings is 1. The third-order valence-corrected chi connectivity index (χ3v) is 5.04. The maximum Gasteiger partial charge on any atom is 0.380 e. The second-order valence-electron chi connectivity index (χ2n) is 4.27. The van der Waals surface area contributed by atoms with Crippen LogP contribution in [-0.4, -0.2) is 18.3 Å². The monoisotopic (exact) mass is 380 g/mol. The fourth-order valence-electron chi connectivity index (χ4n) is 1.55. The molecule has 0 aliphatic carbocycles. The summed E-state index contributed by atoms with van der Waals surface area (Å²) in [6.07, 6.45) is 0. The highest BCUT2D eigenvalue weighted by Crippen LogP contribution is 2.55. The highest BCUT2D eigenvalue weighted by atomic mass is 35.5. The average molecular weight is 381 g/mol. The quantitative estimate of drug-likeness (QED) is 0.288. The first kappa shape index (κ1) is 20.1. The van der Waals surface area contributed by atoms with Gasteiger partial charge in [-0.2, -0.15) is 0 Å². The minimum Gasteiger partial charge on any atom is -0.304 e. The van der Waals surface area contributed by atoms with Gasteiger partial charge < -0.3 is 9.05 Å². The molecule has 1 rings (SSSR count). The molecule has 1 aromatic rings. The van der Waals surface area contributed by atoms with E-state index in [0.29, 0.717) is 15.6 Å². The molecule has 0 aliphatic heterocycles. The molecule has 0 bridgehead atoms. The molecule has 0 saturated carbocycles. The van der Waals surface area contributed by atoms with Crippen molar-refractivity contribution < 1.29 is 13.6 Å². The lowest BCUT2D eigenvalue weighted by atomic mass is 10.2. The fourth-order valence-corrected chi connectivity index (χ4v) is 3.22. The molecule has 2 N–H and O–H groups in total. The molecule has 0 aliphatic rings. The van der Waals surface area contributed by atoms with Crippen LogP contribution in [0.5, 0.6) is 0 Å². The van der Waals surface area contributed by atoms with Crippen molar-refractivity contribution in [2.24, 2.45) is 16.2 Å². The van der Waals surface area contributed by atoms with E-state index >= 15 is 0 Å².